The summed E-state index contributed by atoms with van der Waals surface area (Å²) in [7, 11) is 0. The summed E-state index contributed by atoms with van der Waals surface area (Å²) in [5.41, 5.74) is 2.54. The Morgan fingerprint density at radius 3 is 2.76 bits per heavy atom. The monoisotopic (exact) mass is 356 g/mol. The van der Waals surface area contributed by atoms with Crippen molar-refractivity contribution < 1.29 is 14.3 Å². The molecule has 2 N–H and O–H groups in total. The van der Waals surface area contributed by atoms with Crippen molar-refractivity contribution in [3.63, 3.8) is 0 Å². The number of hydrogen-bond acceptors (Lipinski definition) is 4. The van der Waals surface area contributed by atoms with Gasteiger partial charge in [0.15, 0.2) is 16.6 Å². The number of amides is 1. The molecule has 1 heterocycles. The number of carbonyl (C=O) groups is 1. The van der Waals surface area contributed by atoms with Crippen molar-refractivity contribution in [1.82, 2.24) is 5.32 Å². The maximum Gasteiger partial charge on any atom is 0.257 e. The van der Waals surface area contributed by atoms with E-state index in [-0.39, 0.29) is 17.8 Å². The van der Waals surface area contributed by atoms with Gasteiger partial charge in [-0.3, -0.25) is 10.1 Å². The molecule has 0 aromatic heterocycles. The number of nitrogens with one attached hydrogen (secondary N) is 2. The van der Waals surface area contributed by atoms with Crippen molar-refractivity contribution in [2.24, 2.45) is 0 Å². The molecule has 5 nitrogen and oxygen atoms in total. The molecule has 1 aliphatic rings. The molecule has 0 unspecified atom stereocenters. The second-order valence-electron chi connectivity index (χ2n) is 5.87. The highest BCUT2D eigenvalue weighted by Gasteiger charge is 2.17. The Morgan fingerprint density at radius 1 is 1.20 bits per heavy atom. The molecule has 130 valence electrons. The first-order valence-corrected chi connectivity index (χ1v) is 8.60. The van der Waals surface area contributed by atoms with E-state index in [1.807, 2.05) is 18.2 Å². The molecular weight excluding hydrogens is 336 g/mol. The van der Waals surface area contributed by atoms with Crippen LogP contribution < -0.4 is 20.1 Å². The van der Waals surface area contributed by atoms with Crippen molar-refractivity contribution in [2.75, 3.05) is 12.1 Å². The fraction of sp³-hybridized carbons (Fsp3) is 0.263. The first-order valence-electron chi connectivity index (χ1n) is 8.19. The highest BCUT2D eigenvalue weighted by atomic mass is 32.1. The zero-order chi connectivity index (χ0) is 17.8. The third-order valence-electron chi connectivity index (χ3n) is 4.21. The second-order valence-corrected chi connectivity index (χ2v) is 6.28. The van der Waals surface area contributed by atoms with E-state index in [9.17, 15) is 4.79 Å². The van der Waals surface area contributed by atoms with E-state index in [2.05, 4.69) is 30.5 Å². The van der Waals surface area contributed by atoms with Crippen LogP contribution in [0, 0.1) is 0 Å². The molecule has 2 aromatic carbocycles. The first kappa shape index (κ1) is 17.2. The zero-order valence-electron chi connectivity index (χ0n) is 14.2. The number of para-hydroxylation sites is 1. The Labute approximate surface area is 152 Å². The standard InChI is InChI=1S/C19H20N2O3S/c1-3-12(2)14-6-4-5-7-15(14)20-19(25)21-18(22)13-8-9-16-17(10-13)24-11-23-16/h4-10,12H,3,11H2,1-2H3,(H2,20,21,22,25)/t12-/m1/s1. The Balaban J connectivity index is 1.68. The van der Waals surface area contributed by atoms with E-state index in [1.54, 1.807) is 18.2 Å². The molecule has 0 bridgehead atoms. The minimum Gasteiger partial charge on any atom is -0.454 e. The fourth-order valence-electron chi connectivity index (χ4n) is 2.63. The van der Waals surface area contributed by atoms with Crippen molar-refractivity contribution in [2.45, 2.75) is 26.2 Å². The topological polar surface area (TPSA) is 59.6 Å². The lowest BCUT2D eigenvalue weighted by atomic mass is 9.97. The molecule has 25 heavy (non-hydrogen) atoms. The third-order valence-corrected chi connectivity index (χ3v) is 4.42. The second kappa shape index (κ2) is 7.53. The Hall–Kier alpha value is -2.60. The van der Waals surface area contributed by atoms with Gasteiger partial charge in [-0.15, -0.1) is 0 Å². The van der Waals surface area contributed by atoms with Gasteiger partial charge in [0, 0.05) is 11.3 Å². The van der Waals surface area contributed by atoms with Crippen LogP contribution in [0.25, 0.3) is 0 Å². The first-order chi connectivity index (χ1) is 12.1. The van der Waals surface area contributed by atoms with Crippen LogP contribution in [0.1, 0.15) is 42.1 Å². The minimum atomic E-state index is -0.295. The van der Waals surface area contributed by atoms with Crippen LogP contribution in [0.4, 0.5) is 5.69 Å². The van der Waals surface area contributed by atoms with Gasteiger partial charge in [-0.1, -0.05) is 32.0 Å². The largest absolute Gasteiger partial charge is 0.454 e. The predicted molar refractivity (Wildman–Crippen MR) is 101 cm³/mol. The Bertz CT molecular complexity index is 807. The van der Waals surface area contributed by atoms with Crippen LogP contribution >= 0.6 is 12.2 Å². The predicted octanol–water partition coefficient (Wildman–Crippen LogP) is 4.06. The molecule has 2 aromatic rings. The summed E-state index contributed by atoms with van der Waals surface area (Å²) in [4.78, 5) is 12.4. The van der Waals surface area contributed by atoms with Gasteiger partial charge in [-0.25, -0.2) is 0 Å². The van der Waals surface area contributed by atoms with E-state index < -0.39 is 0 Å². The van der Waals surface area contributed by atoms with Gasteiger partial charge in [0.2, 0.25) is 6.79 Å². The van der Waals surface area contributed by atoms with E-state index in [0.29, 0.717) is 23.0 Å². The van der Waals surface area contributed by atoms with Gasteiger partial charge in [0.1, 0.15) is 0 Å². The number of benzene rings is 2. The average molecular weight is 356 g/mol. The van der Waals surface area contributed by atoms with E-state index in [0.717, 1.165) is 12.1 Å². The summed E-state index contributed by atoms with van der Waals surface area (Å²) in [5, 5.41) is 6.09. The lowest BCUT2D eigenvalue weighted by Crippen LogP contribution is -2.34. The summed E-state index contributed by atoms with van der Waals surface area (Å²) in [6, 6.07) is 13.0. The number of fused-ring (bicyclic) bond motifs is 1. The van der Waals surface area contributed by atoms with Crippen molar-refractivity contribution in [3.05, 3.63) is 53.6 Å². The van der Waals surface area contributed by atoms with Crippen molar-refractivity contribution in [3.8, 4) is 11.5 Å². The Kier molecular flexibility index (Phi) is 5.19. The highest BCUT2D eigenvalue weighted by molar-refractivity contribution is 7.80. The lowest BCUT2D eigenvalue weighted by Gasteiger charge is -2.17. The summed E-state index contributed by atoms with van der Waals surface area (Å²) in [5.74, 6) is 1.31. The molecule has 6 heteroatoms. The van der Waals surface area contributed by atoms with E-state index in [1.165, 1.54) is 5.56 Å². The summed E-state index contributed by atoms with van der Waals surface area (Å²) >= 11 is 5.30. The fourth-order valence-corrected chi connectivity index (χ4v) is 2.83. The van der Waals surface area contributed by atoms with Crippen LogP contribution in [0.15, 0.2) is 42.5 Å². The quantitative estimate of drug-likeness (QED) is 0.809. The molecule has 3 rings (SSSR count). The van der Waals surface area contributed by atoms with E-state index in [4.69, 9.17) is 21.7 Å². The molecule has 0 aliphatic carbocycles. The molecule has 1 aliphatic heterocycles. The smallest absolute Gasteiger partial charge is 0.257 e. The van der Waals surface area contributed by atoms with Crippen LogP contribution in [0.2, 0.25) is 0 Å². The summed E-state index contributed by atoms with van der Waals surface area (Å²) in [6.45, 7) is 4.47. The van der Waals surface area contributed by atoms with Crippen LogP contribution in [0.5, 0.6) is 11.5 Å². The van der Waals surface area contributed by atoms with Crippen LogP contribution in [0.3, 0.4) is 0 Å². The highest BCUT2D eigenvalue weighted by Crippen LogP contribution is 2.32. The van der Waals surface area contributed by atoms with E-state index >= 15 is 0 Å². The lowest BCUT2D eigenvalue weighted by molar-refractivity contribution is 0.0977. The van der Waals surface area contributed by atoms with Gasteiger partial charge in [0.25, 0.3) is 5.91 Å². The normalized spacial score (nSPS) is 13.2. The summed E-state index contributed by atoms with van der Waals surface area (Å²) in [6.07, 6.45) is 1.02. The molecule has 1 amide bonds. The molecule has 0 saturated carbocycles. The number of thiocarbonyl (C=S) groups is 1. The number of hydrogen-bond donors (Lipinski definition) is 2. The van der Waals surface area contributed by atoms with Crippen molar-refractivity contribution in [1.29, 1.82) is 0 Å². The Morgan fingerprint density at radius 2 is 1.96 bits per heavy atom. The SMILES string of the molecule is CC[C@@H](C)c1ccccc1NC(=S)NC(=O)c1ccc2c(c1)OCO2. The molecule has 1 atom stereocenters. The van der Waals surface area contributed by atoms with Crippen LogP contribution in [-0.2, 0) is 0 Å². The van der Waals surface area contributed by atoms with Gasteiger partial charge in [-0.05, 0) is 54.4 Å². The number of ether oxygens (including phenoxy) is 2. The van der Waals surface area contributed by atoms with Gasteiger partial charge >= 0.3 is 0 Å². The number of rotatable bonds is 4. The van der Waals surface area contributed by atoms with Crippen LogP contribution in [-0.4, -0.2) is 17.8 Å². The summed E-state index contributed by atoms with van der Waals surface area (Å²) < 4.78 is 10.5. The molecular formula is C19H20N2O3S. The third kappa shape index (κ3) is 3.91. The van der Waals surface area contributed by atoms with Gasteiger partial charge in [0.05, 0.1) is 0 Å². The number of anilines is 1. The maximum absolute atomic E-state index is 12.4. The molecule has 0 fully saturated rings. The molecule has 0 spiro atoms. The zero-order valence-corrected chi connectivity index (χ0v) is 15.0. The van der Waals surface area contributed by atoms with Crippen molar-refractivity contribution >= 4 is 28.9 Å². The molecule has 0 saturated heterocycles. The maximum atomic E-state index is 12.4. The minimum absolute atomic E-state index is 0.173. The molecule has 0 radical (unpaired) electrons. The number of carbonyl (C=O) groups excluding carboxylic acids is 1. The average Bonchev–Trinajstić information content (AvgIpc) is 3.09. The van der Waals surface area contributed by atoms with Gasteiger partial charge in [-0.2, -0.15) is 0 Å². The van der Waals surface area contributed by atoms with Gasteiger partial charge < -0.3 is 14.8 Å².